The highest BCUT2D eigenvalue weighted by atomic mass is 32.2. The number of aromatic nitrogens is 2. The summed E-state index contributed by atoms with van der Waals surface area (Å²) in [5.74, 6) is 0.0237. The van der Waals surface area contributed by atoms with Crippen LogP contribution in [0.2, 0.25) is 0 Å². The molecule has 1 aliphatic heterocycles. The van der Waals surface area contributed by atoms with Crippen LogP contribution in [-0.4, -0.2) is 46.8 Å². The Morgan fingerprint density at radius 1 is 1.60 bits per heavy atom. The Morgan fingerprint density at radius 2 is 2.30 bits per heavy atom. The maximum absolute atomic E-state index is 12.6. The van der Waals surface area contributed by atoms with Crippen molar-refractivity contribution in [3.63, 3.8) is 0 Å². The number of sulfonamides is 1. The summed E-state index contributed by atoms with van der Waals surface area (Å²) >= 11 is 0. The lowest BCUT2D eigenvalue weighted by molar-refractivity contribution is 0.133. The van der Waals surface area contributed by atoms with Gasteiger partial charge in [0.25, 0.3) is 0 Å². The second kappa shape index (κ2) is 5.71. The van der Waals surface area contributed by atoms with Gasteiger partial charge in [-0.05, 0) is 25.7 Å². The summed E-state index contributed by atoms with van der Waals surface area (Å²) in [6.07, 6.45) is 2.51. The van der Waals surface area contributed by atoms with Crippen LogP contribution in [0.1, 0.15) is 26.7 Å². The summed E-state index contributed by atoms with van der Waals surface area (Å²) in [7, 11) is -3.62. The first-order chi connectivity index (χ1) is 9.36. The normalized spacial score (nSPS) is 22.2. The van der Waals surface area contributed by atoms with Gasteiger partial charge in [-0.3, -0.25) is 4.68 Å². The molecule has 20 heavy (non-hydrogen) atoms. The maximum Gasteiger partial charge on any atom is 0.248 e. The summed E-state index contributed by atoms with van der Waals surface area (Å²) in [4.78, 5) is 0.0668. The van der Waals surface area contributed by atoms with Gasteiger partial charge in [-0.2, -0.15) is 9.40 Å². The highest BCUT2D eigenvalue weighted by Gasteiger charge is 2.36. The third-order valence-corrected chi connectivity index (χ3v) is 5.58. The first-order valence-electron chi connectivity index (χ1n) is 6.87. The van der Waals surface area contributed by atoms with Crippen molar-refractivity contribution in [3.8, 4) is 0 Å². The molecule has 1 saturated heterocycles. The van der Waals surface area contributed by atoms with Gasteiger partial charge in [-0.1, -0.05) is 6.92 Å². The predicted octanol–water partition coefficient (Wildman–Crippen LogP) is 0.267. The molecule has 0 amide bonds. The van der Waals surface area contributed by atoms with E-state index in [0.717, 1.165) is 6.42 Å². The van der Waals surface area contributed by atoms with Crippen molar-refractivity contribution in [3.05, 3.63) is 6.20 Å². The van der Waals surface area contributed by atoms with Gasteiger partial charge in [-0.25, -0.2) is 8.42 Å². The molecule has 3 N–H and O–H groups in total. The molecule has 2 heterocycles. The molecule has 1 fully saturated rings. The van der Waals surface area contributed by atoms with E-state index in [1.165, 1.54) is 10.5 Å². The van der Waals surface area contributed by atoms with Crippen LogP contribution >= 0.6 is 0 Å². The van der Waals surface area contributed by atoms with E-state index < -0.39 is 16.1 Å². The van der Waals surface area contributed by atoms with Gasteiger partial charge >= 0.3 is 0 Å². The zero-order valence-electron chi connectivity index (χ0n) is 11.9. The topological polar surface area (TPSA) is 101 Å². The Bertz CT molecular complexity index is 567. The molecule has 114 valence electrons. The fourth-order valence-corrected chi connectivity index (χ4v) is 4.04. The Kier molecular flexibility index (Phi) is 4.36. The molecular formula is C12H22N4O3S. The Hall–Kier alpha value is -1.12. The van der Waals surface area contributed by atoms with E-state index in [4.69, 9.17) is 5.73 Å². The summed E-state index contributed by atoms with van der Waals surface area (Å²) in [5, 5.41) is 13.6. The van der Waals surface area contributed by atoms with Crippen LogP contribution in [0, 0.1) is 5.92 Å². The predicted molar refractivity (Wildman–Crippen MR) is 75.5 cm³/mol. The molecule has 8 heteroatoms. The smallest absolute Gasteiger partial charge is 0.248 e. The molecule has 7 nitrogen and oxygen atoms in total. The highest BCUT2D eigenvalue weighted by molar-refractivity contribution is 7.89. The SMILES string of the molecule is CCCn1cc(S(=O)(=O)N2CCC(C(C)O)C2)c(N)n1. The van der Waals surface area contributed by atoms with Crippen LogP contribution in [0.15, 0.2) is 11.1 Å². The maximum atomic E-state index is 12.6. The first kappa shape index (κ1) is 15.3. The number of nitrogens with zero attached hydrogens (tertiary/aromatic N) is 3. The zero-order chi connectivity index (χ0) is 14.9. The van der Waals surface area contributed by atoms with Crippen molar-refractivity contribution >= 4 is 15.8 Å². The number of nitrogens with two attached hydrogens (primary N) is 1. The van der Waals surface area contributed by atoms with Gasteiger partial charge in [0.15, 0.2) is 5.82 Å². The number of hydrogen-bond donors (Lipinski definition) is 2. The van der Waals surface area contributed by atoms with Gasteiger partial charge in [0.1, 0.15) is 4.90 Å². The van der Waals surface area contributed by atoms with Gasteiger partial charge in [0.05, 0.1) is 6.10 Å². The number of aliphatic hydroxyl groups excluding tert-OH is 1. The quantitative estimate of drug-likeness (QED) is 0.813. The number of nitrogen functional groups attached to an aromatic ring is 1. The summed E-state index contributed by atoms with van der Waals surface area (Å²) in [5.41, 5.74) is 5.73. The molecule has 2 atom stereocenters. The standard InChI is InChI=1S/C12H22N4O3S/c1-3-5-15-8-11(12(13)14-15)20(18,19)16-6-4-10(7-16)9(2)17/h8-10,17H,3-7H2,1-2H3,(H2,13,14). The van der Waals surface area contributed by atoms with Gasteiger partial charge < -0.3 is 10.8 Å². The third-order valence-electron chi connectivity index (χ3n) is 3.70. The van der Waals surface area contributed by atoms with E-state index in [1.54, 1.807) is 11.6 Å². The van der Waals surface area contributed by atoms with Gasteiger partial charge in [0, 0.05) is 25.8 Å². The number of aryl methyl sites for hydroxylation is 1. The third kappa shape index (κ3) is 2.82. The van der Waals surface area contributed by atoms with E-state index in [1.807, 2.05) is 6.92 Å². The molecule has 2 unspecified atom stereocenters. The molecule has 1 aromatic heterocycles. The Morgan fingerprint density at radius 3 is 2.85 bits per heavy atom. The van der Waals surface area contributed by atoms with Crippen molar-refractivity contribution in [1.29, 1.82) is 0 Å². The minimum absolute atomic E-state index is 0.0170. The fourth-order valence-electron chi connectivity index (χ4n) is 2.47. The van der Waals surface area contributed by atoms with E-state index in [0.29, 0.717) is 26.1 Å². The molecular weight excluding hydrogens is 280 g/mol. The molecule has 0 aromatic carbocycles. The van der Waals surface area contributed by atoms with E-state index in [-0.39, 0.29) is 16.6 Å². The average Bonchev–Trinajstić information content (AvgIpc) is 2.96. The minimum Gasteiger partial charge on any atom is -0.393 e. The molecule has 1 aromatic rings. The first-order valence-corrected chi connectivity index (χ1v) is 8.31. The lowest BCUT2D eigenvalue weighted by atomic mass is 10.0. The van der Waals surface area contributed by atoms with E-state index >= 15 is 0 Å². The van der Waals surface area contributed by atoms with Crippen LogP contribution in [0.25, 0.3) is 0 Å². The number of anilines is 1. The molecule has 1 aliphatic rings. The van der Waals surface area contributed by atoms with Gasteiger partial charge in [0.2, 0.25) is 10.0 Å². The number of aliphatic hydroxyl groups is 1. The molecule has 2 rings (SSSR count). The summed E-state index contributed by atoms with van der Waals surface area (Å²) < 4.78 is 28.0. The molecule has 0 saturated carbocycles. The second-order valence-electron chi connectivity index (χ2n) is 5.29. The zero-order valence-corrected chi connectivity index (χ0v) is 12.7. The molecule has 0 bridgehead atoms. The van der Waals surface area contributed by atoms with E-state index in [9.17, 15) is 13.5 Å². The lowest BCUT2D eigenvalue weighted by Gasteiger charge is -2.16. The lowest BCUT2D eigenvalue weighted by Crippen LogP contribution is -2.30. The summed E-state index contributed by atoms with van der Waals surface area (Å²) in [6.45, 7) is 5.05. The molecule has 0 spiro atoms. The minimum atomic E-state index is -3.62. The fraction of sp³-hybridized carbons (Fsp3) is 0.750. The van der Waals surface area contributed by atoms with Crippen LogP contribution in [0.3, 0.4) is 0 Å². The van der Waals surface area contributed by atoms with E-state index in [2.05, 4.69) is 5.10 Å². The molecule has 0 aliphatic carbocycles. The van der Waals surface area contributed by atoms with Crippen LogP contribution in [0.4, 0.5) is 5.82 Å². The average molecular weight is 302 g/mol. The molecule has 0 radical (unpaired) electrons. The van der Waals surface area contributed by atoms with Crippen LogP contribution in [0.5, 0.6) is 0 Å². The summed E-state index contributed by atoms with van der Waals surface area (Å²) in [6, 6.07) is 0. The van der Waals surface area contributed by atoms with Crippen molar-refractivity contribution in [2.75, 3.05) is 18.8 Å². The number of hydrogen-bond acceptors (Lipinski definition) is 5. The monoisotopic (exact) mass is 302 g/mol. The number of rotatable bonds is 5. The van der Waals surface area contributed by atoms with Gasteiger partial charge in [-0.15, -0.1) is 0 Å². The van der Waals surface area contributed by atoms with Crippen molar-refractivity contribution in [2.24, 2.45) is 5.92 Å². The second-order valence-corrected chi connectivity index (χ2v) is 7.20. The Labute approximate surface area is 119 Å². The highest BCUT2D eigenvalue weighted by Crippen LogP contribution is 2.28. The van der Waals surface area contributed by atoms with Crippen molar-refractivity contribution in [1.82, 2.24) is 14.1 Å². The van der Waals surface area contributed by atoms with Crippen molar-refractivity contribution < 1.29 is 13.5 Å². The van der Waals surface area contributed by atoms with Crippen LogP contribution < -0.4 is 5.73 Å². The Balaban J connectivity index is 2.23. The largest absolute Gasteiger partial charge is 0.393 e. The van der Waals surface area contributed by atoms with Crippen LogP contribution in [-0.2, 0) is 16.6 Å². The van der Waals surface area contributed by atoms with Crippen molar-refractivity contribution in [2.45, 2.75) is 44.2 Å².